The summed E-state index contributed by atoms with van der Waals surface area (Å²) in [5.74, 6) is 0.893. The van der Waals surface area contributed by atoms with Crippen LogP contribution in [-0.4, -0.2) is 24.8 Å². The van der Waals surface area contributed by atoms with Crippen molar-refractivity contribution in [2.75, 3.05) is 7.11 Å². The first-order valence-corrected chi connectivity index (χ1v) is 8.82. The van der Waals surface area contributed by atoms with Gasteiger partial charge in [-0.25, -0.2) is 4.79 Å². The first-order valence-electron chi connectivity index (χ1n) is 8.82. The Bertz CT molecular complexity index is 547. The van der Waals surface area contributed by atoms with Crippen LogP contribution in [0.3, 0.4) is 0 Å². The molecule has 0 radical (unpaired) electrons. The Kier molecular flexibility index (Phi) is 7.59. The van der Waals surface area contributed by atoms with E-state index in [1.54, 1.807) is 7.11 Å². The lowest BCUT2D eigenvalue weighted by molar-refractivity contribution is 0.0508. The van der Waals surface area contributed by atoms with Gasteiger partial charge in [-0.2, -0.15) is 0 Å². The van der Waals surface area contributed by atoms with Crippen molar-refractivity contribution >= 4 is 6.09 Å². The minimum absolute atomic E-state index is 0.0327. The smallest absolute Gasteiger partial charge is 0.407 e. The molecule has 0 aliphatic heterocycles. The van der Waals surface area contributed by atoms with E-state index in [0.29, 0.717) is 6.42 Å². The standard InChI is InChI=1S/C20H33NO3/c1-8-9-10-16-13-18(23-7)17(11-14(16)2)12-15(3)21-19(22)24-20(4,5)6/h11,13,15H,8-10,12H2,1-7H3,(H,21,22). The van der Waals surface area contributed by atoms with E-state index in [-0.39, 0.29) is 12.1 Å². The maximum atomic E-state index is 11.9. The molecule has 0 bridgehead atoms. The van der Waals surface area contributed by atoms with Gasteiger partial charge in [0, 0.05) is 6.04 Å². The van der Waals surface area contributed by atoms with Gasteiger partial charge in [0.05, 0.1) is 7.11 Å². The molecular weight excluding hydrogens is 302 g/mol. The fraction of sp³-hybridized carbons (Fsp3) is 0.650. The molecule has 0 aromatic heterocycles. The van der Waals surface area contributed by atoms with Gasteiger partial charge in [-0.1, -0.05) is 19.4 Å². The van der Waals surface area contributed by atoms with Crippen LogP contribution < -0.4 is 10.1 Å². The molecule has 24 heavy (non-hydrogen) atoms. The Morgan fingerprint density at radius 3 is 2.46 bits per heavy atom. The molecule has 0 aliphatic rings. The molecule has 4 nitrogen and oxygen atoms in total. The maximum Gasteiger partial charge on any atom is 0.407 e. The zero-order valence-corrected chi connectivity index (χ0v) is 16.3. The predicted octanol–water partition coefficient (Wildman–Crippen LogP) is 4.80. The number of hydrogen-bond donors (Lipinski definition) is 1. The number of ether oxygens (including phenoxy) is 2. The van der Waals surface area contributed by atoms with Crippen molar-refractivity contribution in [3.05, 3.63) is 28.8 Å². The summed E-state index contributed by atoms with van der Waals surface area (Å²) in [4.78, 5) is 11.9. The van der Waals surface area contributed by atoms with Gasteiger partial charge < -0.3 is 14.8 Å². The van der Waals surface area contributed by atoms with Crippen LogP contribution in [0.25, 0.3) is 0 Å². The predicted molar refractivity (Wildman–Crippen MR) is 98.9 cm³/mol. The van der Waals surface area contributed by atoms with Gasteiger partial charge in [-0.15, -0.1) is 0 Å². The second kappa shape index (κ2) is 8.95. The number of rotatable bonds is 7. The second-order valence-corrected chi connectivity index (χ2v) is 7.45. The number of nitrogens with one attached hydrogen (secondary N) is 1. The quantitative estimate of drug-likeness (QED) is 0.778. The Morgan fingerprint density at radius 1 is 1.25 bits per heavy atom. The molecule has 136 valence electrons. The van der Waals surface area contributed by atoms with Crippen molar-refractivity contribution in [3.63, 3.8) is 0 Å². The third-order valence-corrected chi connectivity index (χ3v) is 3.83. The van der Waals surface area contributed by atoms with Crippen LogP contribution in [0.2, 0.25) is 0 Å². The van der Waals surface area contributed by atoms with Crippen LogP contribution in [0.1, 0.15) is 64.2 Å². The van der Waals surface area contributed by atoms with Gasteiger partial charge >= 0.3 is 6.09 Å². The molecule has 1 rings (SSSR count). The van der Waals surface area contributed by atoms with Crippen molar-refractivity contribution < 1.29 is 14.3 Å². The van der Waals surface area contributed by atoms with Gasteiger partial charge in [0.25, 0.3) is 0 Å². The third kappa shape index (κ3) is 6.81. The number of aryl methyl sites for hydroxylation is 2. The van der Waals surface area contributed by atoms with E-state index < -0.39 is 5.60 Å². The molecular formula is C20H33NO3. The van der Waals surface area contributed by atoms with E-state index >= 15 is 0 Å². The van der Waals surface area contributed by atoms with E-state index in [9.17, 15) is 4.79 Å². The summed E-state index contributed by atoms with van der Waals surface area (Å²) in [6.07, 6.45) is 3.76. The Morgan fingerprint density at radius 2 is 1.92 bits per heavy atom. The van der Waals surface area contributed by atoms with Crippen LogP contribution >= 0.6 is 0 Å². The summed E-state index contributed by atoms with van der Waals surface area (Å²) in [5, 5.41) is 2.89. The van der Waals surface area contributed by atoms with Crippen LogP contribution in [0.15, 0.2) is 12.1 Å². The lowest BCUT2D eigenvalue weighted by atomic mass is 9.96. The number of carbonyl (C=O) groups excluding carboxylic acids is 1. The minimum atomic E-state index is -0.487. The van der Waals surface area contributed by atoms with Gasteiger partial charge in [0.1, 0.15) is 11.4 Å². The lowest BCUT2D eigenvalue weighted by Crippen LogP contribution is -2.38. The molecule has 4 heteroatoms. The summed E-state index contributed by atoms with van der Waals surface area (Å²) in [7, 11) is 1.70. The highest BCUT2D eigenvalue weighted by Gasteiger charge is 2.19. The average Bonchev–Trinajstić information content (AvgIpc) is 2.44. The lowest BCUT2D eigenvalue weighted by Gasteiger charge is -2.22. The van der Waals surface area contributed by atoms with Gasteiger partial charge in [0.15, 0.2) is 0 Å². The number of benzene rings is 1. The Hall–Kier alpha value is -1.71. The SMILES string of the molecule is CCCCc1cc(OC)c(CC(C)NC(=O)OC(C)(C)C)cc1C. The fourth-order valence-corrected chi connectivity index (χ4v) is 2.67. The molecule has 1 amide bonds. The summed E-state index contributed by atoms with van der Waals surface area (Å²) >= 11 is 0. The number of alkyl carbamates (subject to hydrolysis) is 1. The molecule has 0 saturated carbocycles. The molecule has 1 aromatic carbocycles. The maximum absolute atomic E-state index is 11.9. The molecule has 0 saturated heterocycles. The summed E-state index contributed by atoms with van der Waals surface area (Å²) in [6, 6.07) is 4.28. The first kappa shape index (κ1) is 20.3. The first-order chi connectivity index (χ1) is 11.2. The largest absolute Gasteiger partial charge is 0.496 e. The average molecular weight is 335 g/mol. The third-order valence-electron chi connectivity index (χ3n) is 3.83. The Labute approximate surface area is 146 Å². The van der Waals surface area contributed by atoms with Gasteiger partial charge in [-0.05, 0) is 76.6 Å². The normalized spacial score (nSPS) is 12.6. The minimum Gasteiger partial charge on any atom is -0.496 e. The number of hydrogen-bond acceptors (Lipinski definition) is 3. The highest BCUT2D eigenvalue weighted by Crippen LogP contribution is 2.26. The fourth-order valence-electron chi connectivity index (χ4n) is 2.67. The second-order valence-electron chi connectivity index (χ2n) is 7.45. The molecule has 1 unspecified atom stereocenters. The van der Waals surface area contributed by atoms with Crippen molar-refractivity contribution in [3.8, 4) is 5.75 Å². The molecule has 1 atom stereocenters. The molecule has 0 heterocycles. The summed E-state index contributed by atoms with van der Waals surface area (Å²) < 4.78 is 10.9. The summed E-state index contributed by atoms with van der Waals surface area (Å²) in [6.45, 7) is 11.9. The van der Waals surface area contributed by atoms with Gasteiger partial charge in [-0.3, -0.25) is 0 Å². The summed E-state index contributed by atoms with van der Waals surface area (Å²) in [5.41, 5.74) is 3.24. The number of unbranched alkanes of at least 4 members (excludes halogenated alkanes) is 1. The van der Waals surface area contributed by atoms with Crippen molar-refractivity contribution in [2.45, 2.75) is 78.9 Å². The van der Waals surface area contributed by atoms with Crippen molar-refractivity contribution in [1.82, 2.24) is 5.32 Å². The van der Waals surface area contributed by atoms with E-state index in [1.165, 1.54) is 24.0 Å². The number of amides is 1. The molecule has 0 fully saturated rings. The molecule has 1 aromatic rings. The molecule has 0 aliphatic carbocycles. The van der Waals surface area contributed by atoms with E-state index in [0.717, 1.165) is 17.7 Å². The number of methoxy groups -OCH3 is 1. The van der Waals surface area contributed by atoms with Crippen molar-refractivity contribution in [1.29, 1.82) is 0 Å². The van der Waals surface area contributed by atoms with Gasteiger partial charge in [0.2, 0.25) is 0 Å². The Balaban J connectivity index is 2.79. The van der Waals surface area contributed by atoms with Crippen LogP contribution in [-0.2, 0) is 17.6 Å². The molecule has 1 N–H and O–H groups in total. The highest BCUT2D eigenvalue weighted by molar-refractivity contribution is 5.68. The van der Waals surface area contributed by atoms with E-state index in [1.807, 2.05) is 27.7 Å². The van der Waals surface area contributed by atoms with E-state index in [4.69, 9.17) is 9.47 Å². The zero-order chi connectivity index (χ0) is 18.3. The monoisotopic (exact) mass is 335 g/mol. The molecule has 0 spiro atoms. The van der Waals surface area contributed by atoms with Crippen molar-refractivity contribution in [2.24, 2.45) is 0 Å². The van der Waals surface area contributed by atoms with Crippen LogP contribution in [0.5, 0.6) is 5.75 Å². The van der Waals surface area contributed by atoms with Crippen LogP contribution in [0, 0.1) is 6.92 Å². The zero-order valence-electron chi connectivity index (χ0n) is 16.3. The number of carbonyl (C=O) groups is 1. The highest BCUT2D eigenvalue weighted by atomic mass is 16.6. The van der Waals surface area contributed by atoms with Crippen LogP contribution in [0.4, 0.5) is 4.79 Å². The van der Waals surface area contributed by atoms with E-state index in [2.05, 4.69) is 31.3 Å². The topological polar surface area (TPSA) is 47.6 Å².